The van der Waals surface area contributed by atoms with Crippen molar-refractivity contribution in [2.45, 2.75) is 58.6 Å². The summed E-state index contributed by atoms with van der Waals surface area (Å²) >= 11 is 0. The SMILES string of the molecule is CCOC(=O)CN1C(=O)NC(C)(CCCNC(=O)OC(C)(C)C)C1=O. The van der Waals surface area contributed by atoms with Crippen LogP contribution in [0.5, 0.6) is 0 Å². The Labute approximate surface area is 147 Å². The zero-order valence-electron chi connectivity index (χ0n) is 15.4. The average molecular weight is 357 g/mol. The molecule has 0 aromatic carbocycles. The molecule has 0 aromatic rings. The molecule has 25 heavy (non-hydrogen) atoms. The fourth-order valence-electron chi connectivity index (χ4n) is 2.34. The van der Waals surface area contributed by atoms with Crippen LogP contribution in [-0.2, 0) is 19.1 Å². The normalized spacial score (nSPS) is 20.3. The van der Waals surface area contributed by atoms with Crippen LogP contribution in [0.1, 0.15) is 47.5 Å². The number of hydrogen-bond acceptors (Lipinski definition) is 6. The number of nitrogens with one attached hydrogen (secondary N) is 2. The summed E-state index contributed by atoms with van der Waals surface area (Å²) in [5.41, 5.74) is -1.70. The van der Waals surface area contributed by atoms with E-state index >= 15 is 0 Å². The smallest absolute Gasteiger partial charge is 0.407 e. The fraction of sp³-hybridized carbons (Fsp3) is 0.750. The molecule has 9 heteroatoms. The van der Waals surface area contributed by atoms with Gasteiger partial charge in [-0.25, -0.2) is 9.59 Å². The van der Waals surface area contributed by atoms with E-state index < -0.39 is 41.7 Å². The predicted octanol–water partition coefficient (Wildman–Crippen LogP) is 1.16. The van der Waals surface area contributed by atoms with Gasteiger partial charge in [0, 0.05) is 6.54 Å². The van der Waals surface area contributed by atoms with Crippen molar-refractivity contribution >= 4 is 24.0 Å². The summed E-state index contributed by atoms with van der Waals surface area (Å²) in [6.45, 7) is 8.58. The highest BCUT2D eigenvalue weighted by Gasteiger charge is 2.47. The maximum atomic E-state index is 12.4. The molecule has 142 valence electrons. The molecular weight excluding hydrogens is 330 g/mol. The van der Waals surface area contributed by atoms with Gasteiger partial charge in [0.2, 0.25) is 0 Å². The van der Waals surface area contributed by atoms with Gasteiger partial charge in [-0.2, -0.15) is 0 Å². The van der Waals surface area contributed by atoms with Crippen molar-refractivity contribution in [2.75, 3.05) is 19.7 Å². The third-order valence-corrected chi connectivity index (χ3v) is 3.46. The molecule has 1 aliphatic rings. The topological polar surface area (TPSA) is 114 Å². The first kappa shape index (κ1) is 20.7. The van der Waals surface area contributed by atoms with Gasteiger partial charge in [-0.3, -0.25) is 14.5 Å². The van der Waals surface area contributed by atoms with E-state index in [2.05, 4.69) is 10.6 Å². The van der Waals surface area contributed by atoms with Crippen molar-refractivity contribution in [3.05, 3.63) is 0 Å². The standard InChI is InChI=1S/C16H27N3O6/c1-6-24-11(20)10-19-12(21)16(5,18-13(19)22)8-7-9-17-14(23)25-15(2,3)4/h6-10H2,1-5H3,(H,17,23)(H,18,22). The van der Waals surface area contributed by atoms with Crippen molar-refractivity contribution in [3.8, 4) is 0 Å². The molecule has 1 heterocycles. The number of alkyl carbamates (subject to hydrolysis) is 1. The number of ether oxygens (including phenoxy) is 2. The van der Waals surface area contributed by atoms with Crippen LogP contribution in [-0.4, -0.2) is 59.7 Å². The van der Waals surface area contributed by atoms with E-state index in [1.54, 1.807) is 34.6 Å². The van der Waals surface area contributed by atoms with Gasteiger partial charge in [-0.15, -0.1) is 0 Å². The van der Waals surface area contributed by atoms with Gasteiger partial charge in [0.25, 0.3) is 5.91 Å². The Kier molecular flexibility index (Phi) is 6.78. The Balaban J connectivity index is 2.48. The maximum absolute atomic E-state index is 12.4. The molecule has 0 bridgehead atoms. The summed E-state index contributed by atoms with van der Waals surface area (Å²) in [6.07, 6.45) is 0.227. The lowest BCUT2D eigenvalue weighted by atomic mass is 9.96. The number of hydrogen-bond donors (Lipinski definition) is 2. The van der Waals surface area contributed by atoms with Gasteiger partial charge in [0.1, 0.15) is 17.7 Å². The van der Waals surface area contributed by atoms with Gasteiger partial charge < -0.3 is 20.1 Å². The molecule has 0 saturated carbocycles. The third-order valence-electron chi connectivity index (χ3n) is 3.46. The van der Waals surface area contributed by atoms with Gasteiger partial charge in [0.15, 0.2) is 0 Å². The molecule has 0 aromatic heterocycles. The minimum Gasteiger partial charge on any atom is -0.465 e. The molecule has 0 aliphatic carbocycles. The van der Waals surface area contributed by atoms with E-state index in [9.17, 15) is 19.2 Å². The van der Waals surface area contributed by atoms with Crippen LogP contribution in [0.25, 0.3) is 0 Å². The molecule has 2 N–H and O–H groups in total. The van der Waals surface area contributed by atoms with Gasteiger partial charge in [0.05, 0.1) is 6.61 Å². The van der Waals surface area contributed by atoms with Gasteiger partial charge in [-0.05, 0) is 47.5 Å². The highest BCUT2D eigenvalue weighted by molar-refractivity contribution is 6.08. The van der Waals surface area contributed by atoms with E-state index in [-0.39, 0.29) is 6.61 Å². The Morgan fingerprint density at radius 1 is 1.28 bits per heavy atom. The van der Waals surface area contributed by atoms with Crippen molar-refractivity contribution in [1.29, 1.82) is 0 Å². The lowest BCUT2D eigenvalue weighted by Crippen LogP contribution is -2.45. The minimum absolute atomic E-state index is 0.177. The van der Waals surface area contributed by atoms with Crippen molar-refractivity contribution in [2.24, 2.45) is 0 Å². The summed E-state index contributed by atoms with van der Waals surface area (Å²) in [5, 5.41) is 5.18. The number of amides is 4. The van der Waals surface area contributed by atoms with Crippen molar-refractivity contribution in [3.63, 3.8) is 0 Å². The Morgan fingerprint density at radius 2 is 1.92 bits per heavy atom. The number of esters is 1. The Morgan fingerprint density at radius 3 is 2.48 bits per heavy atom. The summed E-state index contributed by atoms with van der Waals surface area (Å²) < 4.78 is 9.87. The third kappa shape index (κ3) is 6.24. The Hall–Kier alpha value is -2.32. The molecule has 1 saturated heterocycles. The molecule has 1 unspecified atom stereocenters. The van der Waals surface area contributed by atoms with Crippen LogP contribution in [0.2, 0.25) is 0 Å². The number of urea groups is 1. The van der Waals surface area contributed by atoms with E-state index in [4.69, 9.17) is 9.47 Å². The second-order valence-corrected chi connectivity index (χ2v) is 6.99. The number of carbonyl (C=O) groups is 4. The van der Waals surface area contributed by atoms with Gasteiger partial charge in [-0.1, -0.05) is 0 Å². The second kappa shape index (κ2) is 8.17. The van der Waals surface area contributed by atoms with Crippen molar-refractivity contribution < 1.29 is 28.7 Å². The number of nitrogens with zero attached hydrogens (tertiary/aromatic N) is 1. The van der Waals surface area contributed by atoms with E-state index in [0.29, 0.717) is 19.4 Å². The molecule has 0 spiro atoms. The van der Waals surface area contributed by atoms with E-state index in [1.165, 1.54) is 0 Å². The highest BCUT2D eigenvalue weighted by Crippen LogP contribution is 2.22. The maximum Gasteiger partial charge on any atom is 0.407 e. The molecule has 9 nitrogen and oxygen atoms in total. The molecule has 0 radical (unpaired) electrons. The largest absolute Gasteiger partial charge is 0.465 e. The zero-order valence-corrected chi connectivity index (χ0v) is 15.4. The first-order valence-corrected chi connectivity index (χ1v) is 8.25. The second-order valence-electron chi connectivity index (χ2n) is 6.99. The molecule has 1 aliphatic heterocycles. The molecule has 1 rings (SSSR count). The van der Waals surface area contributed by atoms with E-state index in [0.717, 1.165) is 4.90 Å². The van der Waals surface area contributed by atoms with Crippen LogP contribution in [0, 0.1) is 0 Å². The van der Waals surface area contributed by atoms with Crippen molar-refractivity contribution in [1.82, 2.24) is 15.5 Å². The summed E-state index contributed by atoms with van der Waals surface area (Å²) in [4.78, 5) is 48.2. The molecule has 1 atom stereocenters. The minimum atomic E-state index is -1.11. The molecule has 4 amide bonds. The lowest BCUT2D eigenvalue weighted by Gasteiger charge is -2.22. The first-order chi connectivity index (χ1) is 11.5. The lowest BCUT2D eigenvalue weighted by molar-refractivity contribution is -0.147. The van der Waals surface area contributed by atoms with Gasteiger partial charge >= 0.3 is 18.1 Å². The van der Waals surface area contributed by atoms with Crippen LogP contribution in [0.15, 0.2) is 0 Å². The zero-order chi connectivity index (χ0) is 19.3. The van der Waals surface area contributed by atoms with Crippen LogP contribution >= 0.6 is 0 Å². The number of carbonyl (C=O) groups excluding carboxylic acids is 4. The van der Waals surface area contributed by atoms with Crippen LogP contribution in [0.4, 0.5) is 9.59 Å². The number of imide groups is 1. The fourth-order valence-corrected chi connectivity index (χ4v) is 2.34. The summed E-state index contributed by atoms with van der Waals surface area (Å²) in [7, 11) is 0. The highest BCUT2D eigenvalue weighted by atomic mass is 16.6. The number of rotatable bonds is 7. The molecular formula is C16H27N3O6. The summed E-state index contributed by atoms with van der Waals surface area (Å²) in [6, 6.07) is -0.624. The predicted molar refractivity (Wildman–Crippen MR) is 88.8 cm³/mol. The molecule has 1 fully saturated rings. The quantitative estimate of drug-likeness (QED) is 0.401. The van der Waals surface area contributed by atoms with Crippen LogP contribution < -0.4 is 10.6 Å². The average Bonchev–Trinajstić information content (AvgIpc) is 2.66. The first-order valence-electron chi connectivity index (χ1n) is 8.25. The van der Waals surface area contributed by atoms with Crippen LogP contribution in [0.3, 0.4) is 0 Å². The monoisotopic (exact) mass is 357 g/mol. The Bertz CT molecular complexity index is 542. The van der Waals surface area contributed by atoms with E-state index in [1.807, 2.05) is 0 Å². The summed E-state index contributed by atoms with van der Waals surface area (Å²) in [5.74, 6) is -1.12.